The quantitative estimate of drug-likeness (QED) is 0.135. The van der Waals surface area contributed by atoms with E-state index in [1.165, 1.54) is 6.33 Å². The van der Waals surface area contributed by atoms with E-state index in [1.807, 2.05) is 60.0 Å². The van der Waals surface area contributed by atoms with E-state index < -0.39 is 18.1 Å². The predicted octanol–water partition coefficient (Wildman–Crippen LogP) is 5.54. The van der Waals surface area contributed by atoms with E-state index in [9.17, 15) is 14.7 Å². The van der Waals surface area contributed by atoms with Crippen molar-refractivity contribution in [2.45, 2.75) is 25.5 Å². The van der Waals surface area contributed by atoms with E-state index in [0.717, 1.165) is 16.7 Å². The summed E-state index contributed by atoms with van der Waals surface area (Å²) in [6, 6.07) is 24.9. The lowest BCUT2D eigenvalue weighted by atomic mass is 9.99. The molecule has 0 saturated carbocycles. The van der Waals surface area contributed by atoms with Crippen LogP contribution in [0.25, 0.3) is 33.7 Å². The Morgan fingerprint density at radius 2 is 1.65 bits per heavy atom. The SMILES string of the molecule is CNC(=O)c1ccc2c(c1)nc(-c1cncnc1)n2C(Cc1ccccc1)C(O)C(=O)Nc1ccc(C)c(Nc2nccc(-c3cccnc3)n2)c1. The van der Waals surface area contributed by atoms with Crippen molar-refractivity contribution in [1.29, 1.82) is 0 Å². The normalized spacial score (nSPS) is 12.2. The zero-order chi connectivity index (χ0) is 36.0. The van der Waals surface area contributed by atoms with Crippen molar-refractivity contribution in [3.05, 3.63) is 139 Å². The molecule has 4 heterocycles. The molecule has 2 amide bonds. The number of aryl methyl sites for hydroxylation is 1. The summed E-state index contributed by atoms with van der Waals surface area (Å²) in [5.74, 6) is -0.0710. The third-order valence-corrected chi connectivity index (χ3v) is 8.61. The molecule has 3 aromatic carbocycles. The molecule has 13 nitrogen and oxygen atoms in total. The Kier molecular flexibility index (Phi) is 9.66. The molecular formula is C39H34N10O3. The molecule has 2 unspecified atom stereocenters. The highest BCUT2D eigenvalue weighted by Crippen LogP contribution is 2.33. The van der Waals surface area contributed by atoms with Gasteiger partial charge in [-0.05, 0) is 73.0 Å². The van der Waals surface area contributed by atoms with Crippen molar-refractivity contribution in [3.63, 3.8) is 0 Å². The van der Waals surface area contributed by atoms with Gasteiger partial charge in [0.2, 0.25) is 5.95 Å². The summed E-state index contributed by atoms with van der Waals surface area (Å²) in [5.41, 5.74) is 6.62. The molecule has 4 N–H and O–H groups in total. The van der Waals surface area contributed by atoms with E-state index in [0.29, 0.717) is 51.0 Å². The second-order valence-corrected chi connectivity index (χ2v) is 12.1. The highest BCUT2D eigenvalue weighted by molar-refractivity contribution is 5.98. The average Bonchev–Trinajstić information content (AvgIpc) is 3.57. The average molecular weight is 691 g/mol. The smallest absolute Gasteiger partial charge is 0.255 e. The molecule has 0 aliphatic rings. The van der Waals surface area contributed by atoms with Crippen LogP contribution in [0, 0.1) is 6.92 Å². The van der Waals surface area contributed by atoms with Gasteiger partial charge in [-0.1, -0.05) is 36.4 Å². The molecular weight excluding hydrogens is 656 g/mol. The number of benzene rings is 3. The summed E-state index contributed by atoms with van der Waals surface area (Å²) in [6.45, 7) is 1.93. The van der Waals surface area contributed by atoms with Gasteiger partial charge in [-0.3, -0.25) is 14.6 Å². The number of amides is 2. The fraction of sp³-hybridized carbons (Fsp3) is 0.128. The van der Waals surface area contributed by atoms with Crippen LogP contribution in [0.5, 0.6) is 0 Å². The maximum Gasteiger partial charge on any atom is 0.255 e. The molecule has 7 rings (SSSR count). The van der Waals surface area contributed by atoms with Crippen molar-refractivity contribution in [2.24, 2.45) is 0 Å². The van der Waals surface area contributed by atoms with E-state index >= 15 is 0 Å². The van der Waals surface area contributed by atoms with Gasteiger partial charge in [0.1, 0.15) is 12.2 Å². The molecule has 13 heteroatoms. The topological polar surface area (TPSA) is 173 Å². The largest absolute Gasteiger partial charge is 0.381 e. The van der Waals surface area contributed by atoms with Crippen LogP contribution in [0.3, 0.4) is 0 Å². The van der Waals surface area contributed by atoms with Crippen molar-refractivity contribution >= 4 is 40.2 Å². The monoisotopic (exact) mass is 690 g/mol. The number of rotatable bonds is 11. The number of aliphatic hydroxyl groups is 1. The van der Waals surface area contributed by atoms with Gasteiger partial charge < -0.3 is 25.6 Å². The van der Waals surface area contributed by atoms with Gasteiger partial charge in [0.15, 0.2) is 6.10 Å². The van der Waals surface area contributed by atoms with E-state index in [-0.39, 0.29) is 12.3 Å². The number of pyridine rings is 1. The van der Waals surface area contributed by atoms with Crippen molar-refractivity contribution in [3.8, 4) is 22.6 Å². The van der Waals surface area contributed by atoms with Gasteiger partial charge in [-0.15, -0.1) is 0 Å². The van der Waals surface area contributed by atoms with Gasteiger partial charge in [0.25, 0.3) is 11.8 Å². The Bertz CT molecular complexity index is 2350. The van der Waals surface area contributed by atoms with Crippen LogP contribution < -0.4 is 16.0 Å². The summed E-state index contributed by atoms with van der Waals surface area (Å²) >= 11 is 0. The van der Waals surface area contributed by atoms with E-state index in [2.05, 4.69) is 40.9 Å². The number of nitrogens with zero attached hydrogens (tertiary/aromatic N) is 7. The van der Waals surface area contributed by atoms with Crippen molar-refractivity contribution in [2.75, 3.05) is 17.7 Å². The van der Waals surface area contributed by atoms with Crippen LogP contribution in [0.1, 0.15) is 27.5 Å². The second-order valence-electron chi connectivity index (χ2n) is 12.1. The molecule has 0 bridgehead atoms. The minimum atomic E-state index is -1.54. The number of carbonyl (C=O) groups is 2. The number of hydrogen-bond acceptors (Lipinski definition) is 10. The first-order valence-electron chi connectivity index (χ1n) is 16.5. The molecule has 0 fully saturated rings. The predicted molar refractivity (Wildman–Crippen MR) is 198 cm³/mol. The number of imidazole rings is 1. The highest BCUT2D eigenvalue weighted by Gasteiger charge is 2.32. The summed E-state index contributed by atoms with van der Waals surface area (Å²) in [5, 5.41) is 20.8. The Balaban J connectivity index is 1.23. The van der Waals surface area contributed by atoms with E-state index in [1.54, 1.807) is 74.4 Å². The van der Waals surface area contributed by atoms with E-state index in [4.69, 9.17) is 4.98 Å². The molecule has 7 aromatic rings. The van der Waals surface area contributed by atoms with Gasteiger partial charge in [0.05, 0.1) is 28.3 Å². The summed E-state index contributed by atoms with van der Waals surface area (Å²) in [7, 11) is 1.56. The van der Waals surface area contributed by atoms with Crippen molar-refractivity contribution < 1.29 is 14.7 Å². The van der Waals surface area contributed by atoms with Crippen LogP contribution in [0.2, 0.25) is 0 Å². The fourth-order valence-corrected chi connectivity index (χ4v) is 5.98. The Labute approximate surface area is 298 Å². The number of fused-ring (bicyclic) bond motifs is 1. The summed E-state index contributed by atoms with van der Waals surface area (Å²) in [4.78, 5) is 53.0. The first kappa shape index (κ1) is 33.6. The number of aliphatic hydroxyl groups excluding tert-OH is 1. The molecule has 258 valence electrons. The lowest BCUT2D eigenvalue weighted by molar-refractivity contribution is -0.126. The number of hydrogen-bond donors (Lipinski definition) is 4. The molecule has 4 aromatic heterocycles. The number of aromatic nitrogens is 7. The zero-order valence-corrected chi connectivity index (χ0v) is 28.3. The minimum Gasteiger partial charge on any atom is -0.381 e. The highest BCUT2D eigenvalue weighted by atomic mass is 16.3. The third kappa shape index (κ3) is 7.20. The summed E-state index contributed by atoms with van der Waals surface area (Å²) in [6.07, 6.45) is 8.49. The number of nitrogens with one attached hydrogen (secondary N) is 3. The maximum absolute atomic E-state index is 14.0. The Morgan fingerprint density at radius 3 is 2.42 bits per heavy atom. The number of anilines is 3. The van der Waals surface area contributed by atoms with Crippen LogP contribution in [-0.2, 0) is 11.2 Å². The third-order valence-electron chi connectivity index (χ3n) is 8.61. The first-order valence-corrected chi connectivity index (χ1v) is 16.5. The number of carbonyl (C=O) groups excluding carboxylic acids is 2. The minimum absolute atomic E-state index is 0.263. The van der Waals surface area contributed by atoms with Gasteiger partial charge >= 0.3 is 0 Å². The summed E-state index contributed by atoms with van der Waals surface area (Å²) < 4.78 is 1.83. The molecule has 0 aliphatic carbocycles. The molecule has 52 heavy (non-hydrogen) atoms. The van der Waals surface area contributed by atoms with Gasteiger partial charge in [0, 0.05) is 60.5 Å². The maximum atomic E-state index is 14.0. The van der Waals surface area contributed by atoms with Crippen LogP contribution in [0.4, 0.5) is 17.3 Å². The lowest BCUT2D eigenvalue weighted by Gasteiger charge is -2.26. The molecule has 0 radical (unpaired) electrons. The molecule has 0 aliphatic heterocycles. The van der Waals surface area contributed by atoms with Crippen LogP contribution in [0.15, 0.2) is 122 Å². The van der Waals surface area contributed by atoms with Crippen molar-refractivity contribution in [1.82, 2.24) is 39.8 Å². The zero-order valence-electron chi connectivity index (χ0n) is 28.3. The Morgan fingerprint density at radius 1 is 0.846 bits per heavy atom. The second kappa shape index (κ2) is 14.9. The first-order chi connectivity index (χ1) is 25.4. The molecule has 2 atom stereocenters. The van der Waals surface area contributed by atoms with Gasteiger partial charge in [-0.2, -0.15) is 0 Å². The van der Waals surface area contributed by atoms with Crippen LogP contribution in [-0.4, -0.2) is 64.5 Å². The molecule has 0 spiro atoms. The lowest BCUT2D eigenvalue weighted by Crippen LogP contribution is -2.37. The molecule has 0 saturated heterocycles. The van der Waals surface area contributed by atoms with Crippen LogP contribution >= 0.6 is 0 Å². The van der Waals surface area contributed by atoms with Gasteiger partial charge in [-0.25, -0.2) is 24.9 Å². The Hall–Kier alpha value is -6.86. The fourth-order valence-electron chi connectivity index (χ4n) is 5.98. The standard InChI is InChI=1S/C39H34N10O3/c1-24-10-12-29(19-31(24)48-39-44-16-14-30(47-39)27-9-6-15-41-20-27)45-38(52)35(50)34(17-25-7-4-3-5-8-25)49-33-13-11-26(37(51)40-2)18-32(33)46-36(49)28-21-42-23-43-22-28/h3-16,18-23,34-35,50H,17H2,1-2H3,(H,40,51)(H,45,52)(H,44,47,48).